The summed E-state index contributed by atoms with van der Waals surface area (Å²) in [6, 6.07) is 0. The first-order valence-corrected chi connectivity index (χ1v) is 14.6. The van der Waals surface area contributed by atoms with E-state index in [9.17, 15) is 30.0 Å². The van der Waals surface area contributed by atoms with Gasteiger partial charge >= 0.3 is 5.97 Å². The highest BCUT2D eigenvalue weighted by molar-refractivity contribution is 5.87. The van der Waals surface area contributed by atoms with Crippen molar-refractivity contribution in [2.75, 3.05) is 6.61 Å². The fraction of sp³-hybridized carbons (Fsp3) is 0.688. The number of carbonyl (C=O) groups excluding carboxylic acids is 2. The largest absolute Gasteiger partial charge is 0.457 e. The van der Waals surface area contributed by atoms with Crippen LogP contribution in [-0.4, -0.2) is 75.4 Å². The fourth-order valence-electron chi connectivity index (χ4n) is 5.17. The van der Waals surface area contributed by atoms with Gasteiger partial charge in [-0.15, -0.1) is 0 Å². The summed E-state index contributed by atoms with van der Waals surface area (Å²) in [6.45, 7) is 13.1. The van der Waals surface area contributed by atoms with Gasteiger partial charge in [-0.3, -0.25) is 4.79 Å². The molecule has 1 saturated heterocycles. The predicted octanol–water partition coefficient (Wildman–Crippen LogP) is 3.97. The van der Waals surface area contributed by atoms with Crippen molar-refractivity contribution in [1.82, 2.24) is 0 Å². The number of hydrogen-bond donors (Lipinski definition) is 4. The van der Waals surface area contributed by atoms with Gasteiger partial charge in [0, 0.05) is 12.0 Å². The number of esters is 1. The van der Waals surface area contributed by atoms with Gasteiger partial charge in [-0.1, -0.05) is 62.8 Å². The van der Waals surface area contributed by atoms with Gasteiger partial charge in [0.15, 0.2) is 5.78 Å². The number of carbonyl (C=O) groups is 2. The third-order valence-corrected chi connectivity index (χ3v) is 7.92. The molecule has 8 heteroatoms. The first kappa shape index (κ1) is 34.1. The molecular formula is C32H50O8. The summed E-state index contributed by atoms with van der Waals surface area (Å²) in [5.74, 6) is -1.49. The molecule has 0 amide bonds. The van der Waals surface area contributed by atoms with Crippen LogP contribution in [0.4, 0.5) is 0 Å². The lowest BCUT2D eigenvalue weighted by Gasteiger charge is -2.27. The lowest BCUT2D eigenvalue weighted by Crippen LogP contribution is -2.41. The Labute approximate surface area is 239 Å². The van der Waals surface area contributed by atoms with Crippen LogP contribution in [0.3, 0.4) is 0 Å². The molecule has 0 aromatic heterocycles. The molecule has 0 aromatic carbocycles. The maximum atomic E-state index is 12.6. The Hall–Kier alpha value is -2.10. The van der Waals surface area contributed by atoms with Gasteiger partial charge in [0.25, 0.3) is 0 Å². The van der Waals surface area contributed by atoms with Crippen molar-refractivity contribution in [3.8, 4) is 0 Å². The number of fused-ring (bicyclic) bond motifs is 1. The molecule has 0 spiro atoms. The number of aliphatic hydroxyl groups excluding tert-OH is 4. The molecule has 2 aliphatic rings. The number of hydrogen-bond acceptors (Lipinski definition) is 8. The smallest absolute Gasteiger partial charge is 0.333 e. The highest BCUT2D eigenvalue weighted by Crippen LogP contribution is 2.32. The van der Waals surface area contributed by atoms with Crippen LogP contribution >= 0.6 is 0 Å². The van der Waals surface area contributed by atoms with Crippen molar-refractivity contribution in [3.05, 3.63) is 47.6 Å². The van der Waals surface area contributed by atoms with Crippen LogP contribution in [0, 0.1) is 17.8 Å². The van der Waals surface area contributed by atoms with Crippen molar-refractivity contribution in [2.45, 2.75) is 116 Å². The normalized spacial score (nSPS) is 40.1. The monoisotopic (exact) mass is 562 g/mol. The SMILES string of the molecule is C=C1/C=C(\C)C(C)C[C@@H](O)CC(=O)C(O)C(O)C(C)CC(CO)OC(=O)/C(C)=C/CC/C=C/[C@@H]2O[C@H]2CC(C)C1. The van der Waals surface area contributed by atoms with Crippen LogP contribution < -0.4 is 0 Å². The number of Topliss-reactive ketones (excluding diaryl/α,β-unsaturated/α-hetero) is 1. The molecule has 0 bridgehead atoms. The molecule has 0 saturated carbocycles. The summed E-state index contributed by atoms with van der Waals surface area (Å²) in [5, 5.41) is 41.3. The number of epoxide rings is 1. The topological polar surface area (TPSA) is 137 Å². The van der Waals surface area contributed by atoms with E-state index in [1.165, 1.54) is 0 Å². The molecule has 2 heterocycles. The molecule has 2 aliphatic heterocycles. The Bertz CT molecular complexity index is 951. The number of cyclic esters (lactones) is 1. The quantitative estimate of drug-likeness (QED) is 0.214. The van der Waals surface area contributed by atoms with E-state index in [1.807, 2.05) is 19.9 Å². The predicted molar refractivity (Wildman–Crippen MR) is 154 cm³/mol. The Morgan fingerprint density at radius 2 is 1.70 bits per heavy atom. The highest BCUT2D eigenvalue weighted by Gasteiger charge is 2.37. The summed E-state index contributed by atoms with van der Waals surface area (Å²) in [6.07, 6.45) is 6.52. The van der Waals surface area contributed by atoms with Crippen LogP contribution in [-0.2, 0) is 19.1 Å². The Morgan fingerprint density at radius 1 is 1.00 bits per heavy atom. The maximum absolute atomic E-state index is 12.6. The van der Waals surface area contributed by atoms with Gasteiger partial charge in [0.1, 0.15) is 18.3 Å². The van der Waals surface area contributed by atoms with Crippen molar-refractivity contribution in [3.63, 3.8) is 0 Å². The number of allylic oxidation sites excluding steroid dienone is 5. The van der Waals surface area contributed by atoms with E-state index in [4.69, 9.17) is 9.47 Å². The standard InChI is InChI=1S/C32H50O8/c1-19-12-20(2)14-29-28(40-29)11-9-7-8-10-21(3)32(38)39-26(18-33)16-24(6)30(36)31(37)27(35)17-25(34)15-23(5)22(4)13-19/h9-11,13,20,23-26,28-31,33-34,36-37H,1,7-8,12,14-18H2,2-6H3/b11-9+,21-10+,22-13+/t20?,23?,24?,25-,26?,28+,29+,30?,31?/m1/s1. The zero-order chi connectivity index (χ0) is 30.0. The number of rotatable bonds is 1. The molecule has 1 fully saturated rings. The first-order valence-electron chi connectivity index (χ1n) is 14.6. The third kappa shape index (κ3) is 11.4. The Balaban J connectivity index is 2.13. The molecule has 6 unspecified atom stereocenters. The van der Waals surface area contributed by atoms with E-state index in [0.29, 0.717) is 24.3 Å². The van der Waals surface area contributed by atoms with Crippen molar-refractivity contribution >= 4 is 11.8 Å². The second kappa shape index (κ2) is 16.4. The van der Waals surface area contributed by atoms with Crippen molar-refractivity contribution in [1.29, 1.82) is 0 Å². The molecule has 40 heavy (non-hydrogen) atoms. The van der Waals surface area contributed by atoms with Gasteiger partial charge in [-0.2, -0.15) is 0 Å². The van der Waals surface area contributed by atoms with E-state index >= 15 is 0 Å². The molecule has 8 nitrogen and oxygen atoms in total. The minimum atomic E-state index is -1.70. The highest BCUT2D eigenvalue weighted by atomic mass is 16.6. The van der Waals surface area contributed by atoms with Gasteiger partial charge in [-0.05, 0) is 70.1 Å². The second-order valence-corrected chi connectivity index (χ2v) is 11.9. The van der Waals surface area contributed by atoms with Crippen LogP contribution in [0.25, 0.3) is 0 Å². The molecular weight excluding hydrogens is 512 g/mol. The van der Waals surface area contributed by atoms with Crippen LogP contribution in [0.15, 0.2) is 47.6 Å². The summed E-state index contributed by atoms with van der Waals surface area (Å²) in [7, 11) is 0. The third-order valence-electron chi connectivity index (χ3n) is 7.92. The van der Waals surface area contributed by atoms with E-state index in [-0.39, 0.29) is 31.0 Å². The van der Waals surface area contributed by atoms with E-state index in [2.05, 4.69) is 25.7 Å². The molecule has 9 atom stereocenters. The lowest BCUT2D eigenvalue weighted by atomic mass is 9.88. The Kier molecular flexibility index (Phi) is 14.0. The summed E-state index contributed by atoms with van der Waals surface area (Å²) in [5.41, 5.74) is 2.47. The zero-order valence-corrected chi connectivity index (χ0v) is 24.8. The van der Waals surface area contributed by atoms with Crippen molar-refractivity contribution < 1.29 is 39.5 Å². The summed E-state index contributed by atoms with van der Waals surface area (Å²) >= 11 is 0. The van der Waals surface area contributed by atoms with Crippen LogP contribution in [0.2, 0.25) is 0 Å². The maximum Gasteiger partial charge on any atom is 0.333 e. The van der Waals surface area contributed by atoms with Gasteiger partial charge in [-0.25, -0.2) is 4.79 Å². The molecule has 0 aliphatic carbocycles. The Morgan fingerprint density at radius 3 is 2.38 bits per heavy atom. The molecule has 226 valence electrons. The summed E-state index contributed by atoms with van der Waals surface area (Å²) in [4.78, 5) is 25.1. The van der Waals surface area contributed by atoms with Crippen LogP contribution in [0.1, 0.15) is 79.6 Å². The van der Waals surface area contributed by atoms with Gasteiger partial charge in [0.2, 0.25) is 0 Å². The lowest BCUT2D eigenvalue weighted by molar-refractivity contribution is -0.149. The van der Waals surface area contributed by atoms with E-state index < -0.39 is 48.7 Å². The van der Waals surface area contributed by atoms with Crippen LogP contribution in [0.5, 0.6) is 0 Å². The molecule has 0 aromatic rings. The van der Waals surface area contributed by atoms with Gasteiger partial charge in [0.05, 0.1) is 24.9 Å². The molecule has 2 rings (SSSR count). The minimum absolute atomic E-state index is 0.00630. The van der Waals surface area contributed by atoms with E-state index in [1.54, 1.807) is 19.9 Å². The fourth-order valence-corrected chi connectivity index (χ4v) is 5.17. The first-order chi connectivity index (χ1) is 18.8. The number of ketones is 1. The molecule has 0 radical (unpaired) electrons. The molecule has 4 N–H and O–H groups in total. The number of ether oxygens (including phenoxy) is 2. The average Bonchev–Trinajstić information content (AvgIpc) is 3.62. The van der Waals surface area contributed by atoms with Gasteiger partial charge < -0.3 is 29.9 Å². The average molecular weight is 563 g/mol. The van der Waals surface area contributed by atoms with E-state index in [0.717, 1.165) is 30.4 Å². The minimum Gasteiger partial charge on any atom is -0.457 e. The number of aliphatic hydroxyl groups is 4. The summed E-state index contributed by atoms with van der Waals surface area (Å²) < 4.78 is 11.2. The zero-order valence-electron chi connectivity index (χ0n) is 24.8. The second-order valence-electron chi connectivity index (χ2n) is 11.9. The van der Waals surface area contributed by atoms with Crippen molar-refractivity contribution in [2.24, 2.45) is 17.8 Å².